The standard InChI is InChI=1S/C12H16Cl2N2O2S/c1-8(2)7-16(9-3-4-9)19(17,18)10-5-11(13)12(14)15-6-10/h5-6,8-9H,3-4,7H2,1-2H3. The zero-order valence-electron chi connectivity index (χ0n) is 10.8. The van der Waals surface area contributed by atoms with E-state index in [0.29, 0.717) is 6.54 Å². The number of rotatable bonds is 5. The van der Waals surface area contributed by atoms with E-state index in [-0.39, 0.29) is 27.0 Å². The van der Waals surface area contributed by atoms with Gasteiger partial charge in [-0.25, -0.2) is 13.4 Å². The Bertz CT molecular complexity index is 571. The summed E-state index contributed by atoms with van der Waals surface area (Å²) < 4.78 is 26.7. The van der Waals surface area contributed by atoms with Gasteiger partial charge in [0, 0.05) is 18.8 Å². The number of halogens is 2. The van der Waals surface area contributed by atoms with Gasteiger partial charge in [0.15, 0.2) is 0 Å². The summed E-state index contributed by atoms with van der Waals surface area (Å²) in [5.74, 6) is 0.270. The first-order valence-electron chi connectivity index (χ1n) is 6.15. The molecular formula is C12H16Cl2N2O2S. The molecule has 0 atom stereocenters. The van der Waals surface area contributed by atoms with Crippen molar-refractivity contribution in [3.8, 4) is 0 Å². The van der Waals surface area contributed by atoms with Crippen molar-refractivity contribution >= 4 is 33.2 Å². The van der Waals surface area contributed by atoms with Crippen LogP contribution in [-0.2, 0) is 10.0 Å². The maximum absolute atomic E-state index is 12.6. The van der Waals surface area contributed by atoms with Crippen LogP contribution in [0.2, 0.25) is 10.2 Å². The molecule has 0 aromatic carbocycles. The van der Waals surface area contributed by atoms with E-state index < -0.39 is 10.0 Å². The van der Waals surface area contributed by atoms with Gasteiger partial charge in [0.2, 0.25) is 10.0 Å². The van der Waals surface area contributed by atoms with E-state index in [1.165, 1.54) is 12.3 Å². The summed E-state index contributed by atoms with van der Waals surface area (Å²) >= 11 is 11.6. The zero-order chi connectivity index (χ0) is 14.2. The molecular weight excluding hydrogens is 307 g/mol. The van der Waals surface area contributed by atoms with Crippen molar-refractivity contribution in [1.29, 1.82) is 0 Å². The second-order valence-corrected chi connectivity index (χ2v) is 7.80. The normalized spacial score (nSPS) is 16.3. The number of hydrogen-bond donors (Lipinski definition) is 0. The average Bonchev–Trinajstić information content (AvgIpc) is 3.13. The van der Waals surface area contributed by atoms with Crippen molar-refractivity contribution in [3.63, 3.8) is 0 Å². The molecule has 106 valence electrons. The van der Waals surface area contributed by atoms with E-state index in [0.717, 1.165) is 12.8 Å². The van der Waals surface area contributed by atoms with E-state index in [2.05, 4.69) is 4.98 Å². The number of aromatic nitrogens is 1. The summed E-state index contributed by atoms with van der Waals surface area (Å²) in [6.45, 7) is 4.50. The number of nitrogens with zero attached hydrogens (tertiary/aromatic N) is 2. The second kappa shape index (κ2) is 5.56. The second-order valence-electron chi connectivity index (χ2n) is 5.14. The molecule has 4 nitrogen and oxygen atoms in total. The molecule has 0 spiro atoms. The first-order chi connectivity index (χ1) is 8.82. The Morgan fingerprint density at radius 3 is 2.53 bits per heavy atom. The smallest absolute Gasteiger partial charge is 0.242 e. The summed E-state index contributed by atoms with van der Waals surface area (Å²) in [7, 11) is -3.54. The molecule has 0 radical (unpaired) electrons. The van der Waals surface area contributed by atoms with Crippen molar-refractivity contribution in [1.82, 2.24) is 9.29 Å². The van der Waals surface area contributed by atoms with E-state index in [4.69, 9.17) is 23.2 Å². The SMILES string of the molecule is CC(C)CN(C1CC1)S(=O)(=O)c1cnc(Cl)c(Cl)c1. The zero-order valence-corrected chi connectivity index (χ0v) is 13.1. The summed E-state index contributed by atoms with van der Waals surface area (Å²) in [4.78, 5) is 3.92. The molecule has 1 aliphatic rings. The Balaban J connectivity index is 2.35. The van der Waals surface area contributed by atoms with Gasteiger partial charge in [-0.15, -0.1) is 0 Å². The predicted octanol–water partition coefficient (Wildman–Crippen LogP) is 3.20. The molecule has 1 aromatic rings. The predicted molar refractivity (Wildman–Crippen MR) is 76.0 cm³/mol. The van der Waals surface area contributed by atoms with E-state index in [1.807, 2.05) is 13.8 Å². The molecule has 2 rings (SSSR count). The van der Waals surface area contributed by atoms with Crippen molar-refractivity contribution in [3.05, 3.63) is 22.4 Å². The fourth-order valence-corrected chi connectivity index (χ4v) is 4.00. The molecule has 1 aliphatic carbocycles. The quantitative estimate of drug-likeness (QED) is 0.782. The fourth-order valence-electron chi connectivity index (χ4n) is 1.85. The molecule has 1 fully saturated rings. The summed E-state index contributed by atoms with van der Waals surface area (Å²) in [6, 6.07) is 1.48. The van der Waals surface area contributed by atoms with Gasteiger partial charge in [-0.2, -0.15) is 4.31 Å². The summed E-state index contributed by atoms with van der Waals surface area (Å²) in [5, 5.41) is 0.269. The minimum Gasteiger partial charge on any atom is -0.242 e. The molecule has 0 bridgehead atoms. The number of hydrogen-bond acceptors (Lipinski definition) is 3. The Kier molecular flexibility index (Phi) is 4.40. The molecule has 0 aliphatic heterocycles. The number of pyridine rings is 1. The Morgan fingerprint density at radius 2 is 2.05 bits per heavy atom. The lowest BCUT2D eigenvalue weighted by Crippen LogP contribution is -2.36. The fraction of sp³-hybridized carbons (Fsp3) is 0.583. The lowest BCUT2D eigenvalue weighted by Gasteiger charge is -2.23. The molecule has 0 unspecified atom stereocenters. The van der Waals surface area contributed by atoms with E-state index >= 15 is 0 Å². The third-order valence-electron chi connectivity index (χ3n) is 2.88. The van der Waals surface area contributed by atoms with Gasteiger partial charge in [-0.1, -0.05) is 37.0 Å². The van der Waals surface area contributed by atoms with Gasteiger partial charge in [-0.05, 0) is 24.8 Å². The van der Waals surface area contributed by atoms with Gasteiger partial charge in [0.1, 0.15) is 10.0 Å². The van der Waals surface area contributed by atoms with Crippen LogP contribution in [0.3, 0.4) is 0 Å². The van der Waals surface area contributed by atoms with Gasteiger partial charge in [0.05, 0.1) is 5.02 Å². The highest BCUT2D eigenvalue weighted by Crippen LogP contribution is 2.33. The maximum atomic E-state index is 12.6. The van der Waals surface area contributed by atoms with Crippen molar-refractivity contribution in [2.75, 3.05) is 6.54 Å². The van der Waals surface area contributed by atoms with Crippen LogP contribution in [0.15, 0.2) is 17.2 Å². The molecule has 1 heterocycles. The maximum Gasteiger partial charge on any atom is 0.244 e. The molecule has 1 aromatic heterocycles. The van der Waals surface area contributed by atoms with Crippen LogP contribution in [0.1, 0.15) is 26.7 Å². The molecule has 7 heteroatoms. The largest absolute Gasteiger partial charge is 0.244 e. The van der Waals surface area contributed by atoms with Crippen molar-refractivity contribution in [2.45, 2.75) is 37.6 Å². The van der Waals surface area contributed by atoms with Crippen LogP contribution in [0.4, 0.5) is 0 Å². The van der Waals surface area contributed by atoms with Crippen molar-refractivity contribution < 1.29 is 8.42 Å². The average molecular weight is 323 g/mol. The molecule has 0 saturated heterocycles. The number of sulfonamides is 1. The monoisotopic (exact) mass is 322 g/mol. The first kappa shape index (κ1) is 15.0. The minimum atomic E-state index is -3.54. The summed E-state index contributed by atoms with van der Waals surface area (Å²) in [5.41, 5.74) is 0. The molecule has 0 N–H and O–H groups in total. The van der Waals surface area contributed by atoms with Crippen LogP contribution in [-0.4, -0.2) is 30.3 Å². The molecule has 19 heavy (non-hydrogen) atoms. The first-order valence-corrected chi connectivity index (χ1v) is 8.35. The third kappa shape index (κ3) is 3.40. The Morgan fingerprint density at radius 1 is 1.42 bits per heavy atom. The summed E-state index contributed by atoms with van der Waals surface area (Å²) in [6.07, 6.45) is 3.10. The van der Waals surface area contributed by atoms with Crippen LogP contribution in [0.25, 0.3) is 0 Å². The van der Waals surface area contributed by atoms with E-state index in [1.54, 1.807) is 4.31 Å². The highest BCUT2D eigenvalue weighted by atomic mass is 35.5. The van der Waals surface area contributed by atoms with Gasteiger partial charge in [-0.3, -0.25) is 0 Å². The van der Waals surface area contributed by atoms with Crippen molar-refractivity contribution in [2.24, 2.45) is 5.92 Å². The minimum absolute atomic E-state index is 0.106. The van der Waals surface area contributed by atoms with Crippen LogP contribution >= 0.6 is 23.2 Å². The van der Waals surface area contributed by atoms with Crippen LogP contribution in [0, 0.1) is 5.92 Å². The molecule has 0 amide bonds. The van der Waals surface area contributed by atoms with Crippen LogP contribution in [0.5, 0.6) is 0 Å². The lowest BCUT2D eigenvalue weighted by atomic mass is 10.2. The van der Waals surface area contributed by atoms with E-state index in [9.17, 15) is 8.42 Å². The van der Waals surface area contributed by atoms with Gasteiger partial charge >= 0.3 is 0 Å². The Labute approximate surface area is 123 Å². The van der Waals surface area contributed by atoms with Gasteiger partial charge in [0.25, 0.3) is 0 Å². The topological polar surface area (TPSA) is 50.3 Å². The Hall–Kier alpha value is -0.360. The van der Waals surface area contributed by atoms with Gasteiger partial charge < -0.3 is 0 Å². The lowest BCUT2D eigenvalue weighted by molar-refractivity contribution is 0.360. The highest BCUT2D eigenvalue weighted by molar-refractivity contribution is 7.89. The highest BCUT2D eigenvalue weighted by Gasteiger charge is 2.38. The van der Waals surface area contributed by atoms with Crippen LogP contribution < -0.4 is 0 Å². The third-order valence-corrected chi connectivity index (χ3v) is 5.45. The molecule has 1 saturated carbocycles.